The van der Waals surface area contributed by atoms with E-state index in [0.29, 0.717) is 18.8 Å². The number of hydrogen-bond donors (Lipinski definition) is 0. The highest BCUT2D eigenvalue weighted by molar-refractivity contribution is 5.72. The second kappa shape index (κ2) is 7.76. The number of rotatable bonds is 4. The Hall–Kier alpha value is -2.46. The summed E-state index contributed by atoms with van der Waals surface area (Å²) in [6.07, 6.45) is 0.442. The second-order valence-electron chi connectivity index (χ2n) is 3.34. The minimum Gasteiger partial charge on any atom is -0.493 e. The van der Waals surface area contributed by atoms with Gasteiger partial charge in [0.05, 0.1) is 19.6 Å². The van der Waals surface area contributed by atoms with E-state index < -0.39 is 0 Å². The van der Waals surface area contributed by atoms with E-state index in [-0.39, 0.29) is 12.4 Å². The lowest BCUT2D eigenvalue weighted by molar-refractivity contribution is -0.139. The molecule has 0 radical (unpaired) electrons. The summed E-state index contributed by atoms with van der Waals surface area (Å²) in [4.78, 5) is 10.8. The summed E-state index contributed by atoms with van der Waals surface area (Å²) in [5.41, 5.74) is 0.798. The van der Waals surface area contributed by atoms with Crippen LogP contribution in [0.15, 0.2) is 24.3 Å². The highest BCUT2D eigenvalue weighted by Gasteiger charge is 1.95. The number of ether oxygens (including phenoxy) is 2. The third-order valence-electron chi connectivity index (χ3n) is 2.03. The molecule has 0 aliphatic heterocycles. The van der Waals surface area contributed by atoms with Crippen molar-refractivity contribution in [1.82, 2.24) is 0 Å². The molecule has 0 amide bonds. The predicted octanol–water partition coefficient (Wildman–Crippen LogP) is 1.89. The van der Waals surface area contributed by atoms with E-state index in [1.807, 2.05) is 6.07 Å². The van der Waals surface area contributed by atoms with Crippen LogP contribution < -0.4 is 4.74 Å². The van der Waals surface area contributed by atoms with Gasteiger partial charge in [-0.1, -0.05) is 11.8 Å². The van der Waals surface area contributed by atoms with Crippen LogP contribution >= 0.6 is 0 Å². The van der Waals surface area contributed by atoms with Gasteiger partial charge in [0.2, 0.25) is 0 Å². The first-order valence-corrected chi connectivity index (χ1v) is 5.41. The molecule has 0 unspecified atom stereocenters. The molecule has 0 saturated heterocycles. The molecule has 0 heterocycles. The number of methoxy groups -OCH3 is 1. The summed E-state index contributed by atoms with van der Waals surface area (Å²) in [5.74, 6) is 5.91. The number of hydrogen-bond acceptors (Lipinski definition) is 4. The van der Waals surface area contributed by atoms with Gasteiger partial charge in [0, 0.05) is 5.56 Å². The van der Waals surface area contributed by atoms with Gasteiger partial charge in [0.15, 0.2) is 0 Å². The van der Waals surface area contributed by atoms with E-state index in [4.69, 9.17) is 10.00 Å². The van der Waals surface area contributed by atoms with Gasteiger partial charge in [-0.2, -0.15) is 5.26 Å². The lowest BCUT2D eigenvalue weighted by Crippen LogP contribution is -1.97. The quantitative estimate of drug-likeness (QED) is 0.460. The fourth-order valence-electron chi connectivity index (χ4n) is 1.14. The molecule has 4 nitrogen and oxygen atoms in total. The average molecular weight is 243 g/mol. The topological polar surface area (TPSA) is 59.3 Å². The van der Waals surface area contributed by atoms with Gasteiger partial charge in [-0.15, -0.1) is 0 Å². The van der Waals surface area contributed by atoms with Crippen molar-refractivity contribution in [3.05, 3.63) is 29.8 Å². The van der Waals surface area contributed by atoms with Gasteiger partial charge in [0.1, 0.15) is 18.8 Å². The molecular formula is C14H13NO3. The maximum Gasteiger partial charge on any atom is 0.317 e. The molecule has 0 fully saturated rings. The first-order valence-electron chi connectivity index (χ1n) is 5.41. The molecule has 1 rings (SSSR count). The normalized spacial score (nSPS) is 8.67. The number of benzene rings is 1. The Bertz CT molecular complexity index is 489. The molecule has 92 valence electrons. The van der Waals surface area contributed by atoms with Crippen LogP contribution in [0.4, 0.5) is 0 Å². The van der Waals surface area contributed by atoms with Gasteiger partial charge in [-0.05, 0) is 24.3 Å². The van der Waals surface area contributed by atoms with Gasteiger partial charge in [-0.25, -0.2) is 0 Å². The van der Waals surface area contributed by atoms with E-state index in [2.05, 4.69) is 16.6 Å². The van der Waals surface area contributed by atoms with Crippen LogP contribution in [-0.4, -0.2) is 19.7 Å². The highest BCUT2D eigenvalue weighted by Crippen LogP contribution is 2.11. The van der Waals surface area contributed by atoms with E-state index >= 15 is 0 Å². The number of nitrogens with zero attached hydrogens (tertiary/aromatic N) is 1. The minimum atomic E-state index is -0.348. The van der Waals surface area contributed by atoms with Crippen molar-refractivity contribution in [3.63, 3.8) is 0 Å². The Morgan fingerprint density at radius 3 is 2.67 bits per heavy atom. The molecule has 0 saturated carbocycles. The molecule has 0 aromatic heterocycles. The Morgan fingerprint density at radius 2 is 2.06 bits per heavy atom. The van der Waals surface area contributed by atoms with Gasteiger partial charge < -0.3 is 9.47 Å². The van der Waals surface area contributed by atoms with Crippen LogP contribution in [0.25, 0.3) is 0 Å². The first kappa shape index (κ1) is 13.6. The van der Waals surface area contributed by atoms with Crippen molar-refractivity contribution in [2.24, 2.45) is 0 Å². The molecule has 0 spiro atoms. The van der Waals surface area contributed by atoms with Crippen molar-refractivity contribution in [1.29, 1.82) is 5.26 Å². The largest absolute Gasteiger partial charge is 0.493 e. The molecule has 1 aromatic rings. The maximum absolute atomic E-state index is 10.8. The van der Waals surface area contributed by atoms with E-state index in [9.17, 15) is 4.79 Å². The van der Waals surface area contributed by atoms with Gasteiger partial charge >= 0.3 is 5.97 Å². The van der Waals surface area contributed by atoms with Crippen molar-refractivity contribution in [2.75, 3.05) is 13.7 Å². The molecule has 0 atom stereocenters. The lowest BCUT2D eigenvalue weighted by atomic mass is 10.2. The third-order valence-corrected chi connectivity index (χ3v) is 2.03. The molecule has 0 aliphatic carbocycles. The molecule has 0 bridgehead atoms. The van der Waals surface area contributed by atoms with Crippen molar-refractivity contribution in [3.8, 4) is 23.7 Å². The molecule has 4 heteroatoms. The smallest absolute Gasteiger partial charge is 0.317 e. The van der Waals surface area contributed by atoms with Crippen LogP contribution in [0.5, 0.6) is 5.75 Å². The number of esters is 1. The molecule has 0 aliphatic rings. The van der Waals surface area contributed by atoms with Crippen molar-refractivity contribution < 1.29 is 14.3 Å². The molecule has 18 heavy (non-hydrogen) atoms. The lowest BCUT2D eigenvalue weighted by Gasteiger charge is -2.02. The zero-order valence-corrected chi connectivity index (χ0v) is 10.1. The van der Waals surface area contributed by atoms with Crippen molar-refractivity contribution >= 4 is 5.97 Å². The zero-order chi connectivity index (χ0) is 13.2. The number of carbonyl (C=O) groups is 1. The van der Waals surface area contributed by atoms with E-state index in [1.165, 1.54) is 7.11 Å². The first-order chi connectivity index (χ1) is 8.76. The predicted molar refractivity (Wildman–Crippen MR) is 65.7 cm³/mol. The van der Waals surface area contributed by atoms with E-state index in [1.54, 1.807) is 24.3 Å². The SMILES string of the molecule is COC(=O)CC#Cc1ccc(OCCC#N)cc1. The van der Waals surface area contributed by atoms with Crippen LogP contribution in [0, 0.1) is 23.2 Å². The monoisotopic (exact) mass is 243 g/mol. The minimum absolute atomic E-state index is 0.0803. The van der Waals surface area contributed by atoms with Crippen LogP contribution in [0.3, 0.4) is 0 Å². The summed E-state index contributed by atoms with van der Waals surface area (Å²) < 4.78 is 9.79. The highest BCUT2D eigenvalue weighted by atomic mass is 16.5. The van der Waals surface area contributed by atoms with Crippen LogP contribution in [-0.2, 0) is 9.53 Å². The zero-order valence-electron chi connectivity index (χ0n) is 10.1. The summed E-state index contributed by atoms with van der Waals surface area (Å²) in [7, 11) is 1.33. The Morgan fingerprint density at radius 1 is 1.33 bits per heavy atom. The molecule has 1 aromatic carbocycles. The second-order valence-corrected chi connectivity index (χ2v) is 3.34. The Balaban J connectivity index is 2.50. The summed E-state index contributed by atoms with van der Waals surface area (Å²) in [6.45, 7) is 0.379. The average Bonchev–Trinajstić information content (AvgIpc) is 2.40. The van der Waals surface area contributed by atoms with Crippen molar-refractivity contribution in [2.45, 2.75) is 12.8 Å². The Labute approximate surface area is 106 Å². The van der Waals surface area contributed by atoms with E-state index in [0.717, 1.165) is 5.56 Å². The number of nitriles is 1. The summed E-state index contributed by atoms with van der Waals surface area (Å²) >= 11 is 0. The third kappa shape index (κ3) is 5.05. The number of carbonyl (C=O) groups excluding carboxylic acids is 1. The van der Waals surface area contributed by atoms with Gasteiger partial charge in [0.25, 0.3) is 0 Å². The Kier molecular flexibility index (Phi) is 5.86. The standard InChI is InChI=1S/C14H13NO3/c1-17-14(16)5-2-4-12-6-8-13(9-7-12)18-11-3-10-15/h6-9H,3,5,11H2,1H3. The van der Waals surface area contributed by atoms with Crippen LogP contribution in [0.2, 0.25) is 0 Å². The maximum atomic E-state index is 10.8. The van der Waals surface area contributed by atoms with Gasteiger partial charge in [-0.3, -0.25) is 4.79 Å². The molecule has 0 N–H and O–H groups in total. The molecular weight excluding hydrogens is 230 g/mol. The van der Waals surface area contributed by atoms with Crippen LogP contribution in [0.1, 0.15) is 18.4 Å². The fraction of sp³-hybridized carbons (Fsp3) is 0.286. The summed E-state index contributed by atoms with van der Waals surface area (Å²) in [6, 6.07) is 9.15. The summed E-state index contributed by atoms with van der Waals surface area (Å²) in [5, 5.41) is 8.36. The fourth-order valence-corrected chi connectivity index (χ4v) is 1.14.